The molecule has 0 aliphatic rings. The summed E-state index contributed by atoms with van der Waals surface area (Å²) in [5.41, 5.74) is 5.12. The van der Waals surface area contributed by atoms with E-state index in [9.17, 15) is 9.59 Å². The third kappa shape index (κ3) is 5.77. The van der Waals surface area contributed by atoms with Crippen LogP contribution in [0.3, 0.4) is 0 Å². The summed E-state index contributed by atoms with van der Waals surface area (Å²) in [6.07, 6.45) is 0. The lowest BCUT2D eigenvalue weighted by molar-refractivity contribution is -0.116. The Morgan fingerprint density at radius 3 is 2.44 bits per heavy atom. The molecule has 5 nitrogen and oxygen atoms in total. The van der Waals surface area contributed by atoms with E-state index in [-0.39, 0.29) is 18.4 Å². The van der Waals surface area contributed by atoms with Crippen molar-refractivity contribution >= 4 is 29.3 Å². The molecule has 0 aliphatic heterocycles. The molecule has 1 N–H and O–H groups in total. The minimum absolute atomic E-state index is 0.0408. The van der Waals surface area contributed by atoms with E-state index >= 15 is 0 Å². The highest BCUT2D eigenvalue weighted by atomic mass is 32.2. The van der Waals surface area contributed by atoms with E-state index in [0.29, 0.717) is 16.9 Å². The predicted octanol–water partition coefficient (Wildman–Crippen LogP) is 5.18. The van der Waals surface area contributed by atoms with E-state index in [1.807, 2.05) is 62.4 Å². The fourth-order valence-corrected chi connectivity index (χ4v) is 4.18. The Balaban J connectivity index is 1.65. The number of aryl methyl sites for hydroxylation is 1. The number of carbonyl (C=O) groups is 2. The van der Waals surface area contributed by atoms with Gasteiger partial charge < -0.3 is 10.2 Å². The Morgan fingerprint density at radius 2 is 1.72 bits per heavy atom. The zero-order valence-electron chi connectivity index (χ0n) is 18.4. The summed E-state index contributed by atoms with van der Waals surface area (Å²) < 4.78 is 0. The molecule has 0 aromatic heterocycles. The molecule has 3 rings (SSSR count). The number of nitrogens with zero attached hydrogens (tertiary/aromatic N) is 2. The summed E-state index contributed by atoms with van der Waals surface area (Å²) in [5, 5.41) is 11.8. The zero-order valence-corrected chi connectivity index (χ0v) is 19.2. The van der Waals surface area contributed by atoms with Gasteiger partial charge in [-0.25, -0.2) is 0 Å². The van der Waals surface area contributed by atoms with Crippen LogP contribution in [0.5, 0.6) is 0 Å². The van der Waals surface area contributed by atoms with Gasteiger partial charge in [-0.15, -0.1) is 11.8 Å². The molecule has 0 heterocycles. The molecule has 0 saturated heterocycles. The van der Waals surface area contributed by atoms with E-state index in [1.54, 1.807) is 37.0 Å². The van der Waals surface area contributed by atoms with E-state index < -0.39 is 0 Å². The Bertz CT molecular complexity index is 1170. The molecule has 3 aromatic carbocycles. The number of hydrogen-bond donors (Lipinski definition) is 1. The Hall–Kier alpha value is -3.56. The van der Waals surface area contributed by atoms with Crippen molar-refractivity contribution in [2.75, 3.05) is 18.9 Å². The molecule has 0 radical (unpaired) electrons. The molecule has 0 bridgehead atoms. The smallest absolute Gasteiger partial charge is 0.255 e. The number of nitrogens with one attached hydrogen (secondary N) is 1. The van der Waals surface area contributed by atoms with Crippen molar-refractivity contribution in [2.24, 2.45) is 0 Å². The molecule has 6 heteroatoms. The van der Waals surface area contributed by atoms with Crippen LogP contribution in [0.1, 0.15) is 32.6 Å². The fraction of sp³-hybridized carbons (Fsp3) is 0.192. The molecule has 0 atom stereocenters. The molecule has 0 saturated carbocycles. The van der Waals surface area contributed by atoms with Crippen molar-refractivity contribution in [3.63, 3.8) is 0 Å². The van der Waals surface area contributed by atoms with Gasteiger partial charge in [0.1, 0.15) is 0 Å². The van der Waals surface area contributed by atoms with E-state index in [2.05, 4.69) is 11.4 Å². The van der Waals surface area contributed by atoms with Crippen LogP contribution >= 0.6 is 11.8 Å². The van der Waals surface area contributed by atoms with Gasteiger partial charge in [-0.05, 0) is 60.9 Å². The Kier molecular flexibility index (Phi) is 7.69. The van der Waals surface area contributed by atoms with Gasteiger partial charge in [0.25, 0.3) is 5.91 Å². The lowest BCUT2D eigenvalue weighted by Gasteiger charge is -2.19. The third-order valence-electron chi connectivity index (χ3n) is 5.20. The number of amides is 2. The van der Waals surface area contributed by atoms with Crippen molar-refractivity contribution < 1.29 is 9.59 Å². The number of hydrogen-bond acceptors (Lipinski definition) is 4. The monoisotopic (exact) mass is 443 g/mol. The molecule has 0 aliphatic carbocycles. The van der Waals surface area contributed by atoms with Crippen molar-refractivity contribution in [3.05, 3.63) is 94.5 Å². The van der Waals surface area contributed by atoms with Crippen LogP contribution in [0.15, 0.2) is 71.6 Å². The molecule has 32 heavy (non-hydrogen) atoms. The molecule has 162 valence electrons. The first kappa shape index (κ1) is 23.1. The highest BCUT2D eigenvalue weighted by Crippen LogP contribution is 2.27. The summed E-state index contributed by atoms with van der Waals surface area (Å²) in [6.45, 7) is 3.91. The summed E-state index contributed by atoms with van der Waals surface area (Å²) in [4.78, 5) is 27.9. The van der Waals surface area contributed by atoms with Crippen LogP contribution in [-0.4, -0.2) is 30.3 Å². The minimum Gasteiger partial charge on any atom is -0.332 e. The first-order valence-corrected chi connectivity index (χ1v) is 11.2. The summed E-state index contributed by atoms with van der Waals surface area (Å²) in [7, 11) is 1.63. The van der Waals surface area contributed by atoms with Crippen LogP contribution in [-0.2, 0) is 10.5 Å². The minimum atomic E-state index is -0.239. The normalized spacial score (nSPS) is 10.3. The quantitative estimate of drug-likeness (QED) is 0.511. The first-order valence-electron chi connectivity index (χ1n) is 10.2. The highest BCUT2D eigenvalue weighted by Gasteiger charge is 2.18. The number of nitriles is 1. The van der Waals surface area contributed by atoms with Crippen LogP contribution < -0.4 is 5.32 Å². The first-order chi connectivity index (χ1) is 15.4. The van der Waals surface area contributed by atoms with Crippen LogP contribution in [0.4, 0.5) is 5.69 Å². The molecule has 0 unspecified atom stereocenters. The van der Waals surface area contributed by atoms with Gasteiger partial charge in [-0.2, -0.15) is 5.26 Å². The van der Waals surface area contributed by atoms with Gasteiger partial charge in [0, 0.05) is 23.4 Å². The standard InChI is InChI=1S/C26H25N3O2S/c1-18-7-6-9-23(19(18)2)28-25(30)16-29(3)26(31)22-8-4-5-10-24(22)32-17-21-13-11-20(15-27)12-14-21/h4-14H,16-17H2,1-3H3,(H,28,30). The van der Waals surface area contributed by atoms with Gasteiger partial charge >= 0.3 is 0 Å². The third-order valence-corrected chi connectivity index (χ3v) is 6.35. The average Bonchev–Trinajstić information content (AvgIpc) is 2.80. The van der Waals surface area contributed by atoms with Gasteiger partial charge in [0.2, 0.25) is 5.91 Å². The lowest BCUT2D eigenvalue weighted by Crippen LogP contribution is -2.35. The molecule has 0 spiro atoms. The van der Waals surface area contributed by atoms with E-state index in [1.165, 1.54) is 4.90 Å². The zero-order chi connectivity index (χ0) is 23.1. The number of benzene rings is 3. The second-order valence-corrected chi connectivity index (χ2v) is 8.57. The maximum Gasteiger partial charge on any atom is 0.255 e. The molecular weight excluding hydrogens is 418 g/mol. The second-order valence-electron chi connectivity index (χ2n) is 7.55. The number of rotatable bonds is 7. The fourth-order valence-electron chi connectivity index (χ4n) is 3.17. The van der Waals surface area contributed by atoms with Crippen molar-refractivity contribution in [3.8, 4) is 6.07 Å². The summed E-state index contributed by atoms with van der Waals surface area (Å²) >= 11 is 1.55. The number of carbonyl (C=O) groups excluding carboxylic acids is 2. The molecule has 2 amide bonds. The summed E-state index contributed by atoms with van der Waals surface area (Å²) in [6, 6.07) is 22.7. The molecule has 0 fully saturated rings. The highest BCUT2D eigenvalue weighted by molar-refractivity contribution is 7.98. The van der Waals surface area contributed by atoms with Crippen LogP contribution in [0.25, 0.3) is 0 Å². The predicted molar refractivity (Wildman–Crippen MR) is 129 cm³/mol. The maximum absolute atomic E-state index is 13.1. The van der Waals surface area contributed by atoms with Crippen LogP contribution in [0, 0.1) is 25.2 Å². The number of anilines is 1. The number of likely N-dealkylation sites (N-methyl/N-ethyl adjacent to an activating group) is 1. The summed E-state index contributed by atoms with van der Waals surface area (Å²) in [5.74, 6) is 0.230. The Labute approximate surface area is 193 Å². The lowest BCUT2D eigenvalue weighted by atomic mass is 10.1. The van der Waals surface area contributed by atoms with Crippen LogP contribution in [0.2, 0.25) is 0 Å². The van der Waals surface area contributed by atoms with Crippen molar-refractivity contribution in [1.82, 2.24) is 4.90 Å². The second kappa shape index (κ2) is 10.7. The van der Waals surface area contributed by atoms with E-state index in [4.69, 9.17) is 5.26 Å². The van der Waals surface area contributed by atoms with Gasteiger partial charge in [-0.3, -0.25) is 9.59 Å². The maximum atomic E-state index is 13.1. The van der Waals surface area contributed by atoms with Gasteiger partial charge in [0.05, 0.1) is 23.7 Å². The molecule has 3 aromatic rings. The van der Waals surface area contributed by atoms with E-state index in [0.717, 1.165) is 27.3 Å². The number of thioether (sulfide) groups is 1. The largest absolute Gasteiger partial charge is 0.332 e. The molecular formula is C26H25N3O2S. The Morgan fingerprint density at radius 1 is 1.00 bits per heavy atom. The average molecular weight is 444 g/mol. The SMILES string of the molecule is Cc1cccc(NC(=O)CN(C)C(=O)c2ccccc2SCc2ccc(C#N)cc2)c1C. The van der Waals surface area contributed by atoms with Gasteiger partial charge in [0.15, 0.2) is 0 Å². The van der Waals surface area contributed by atoms with Crippen molar-refractivity contribution in [1.29, 1.82) is 5.26 Å². The van der Waals surface area contributed by atoms with Gasteiger partial charge in [-0.1, -0.05) is 36.4 Å². The topological polar surface area (TPSA) is 73.2 Å². The van der Waals surface area contributed by atoms with Crippen molar-refractivity contribution in [2.45, 2.75) is 24.5 Å².